The van der Waals surface area contributed by atoms with E-state index in [1.165, 1.54) is 29.5 Å². The molecule has 2 atom stereocenters. The molecule has 3 rings (SSSR count). The van der Waals surface area contributed by atoms with Crippen molar-refractivity contribution in [2.24, 2.45) is 0 Å². The van der Waals surface area contributed by atoms with Crippen LogP contribution in [-0.4, -0.2) is 6.04 Å². The second-order valence-electron chi connectivity index (χ2n) is 7.37. The van der Waals surface area contributed by atoms with Gasteiger partial charge in [-0.1, -0.05) is 111 Å². The summed E-state index contributed by atoms with van der Waals surface area (Å²) in [6.07, 6.45) is 3.59. The Balaban J connectivity index is 1.76. The van der Waals surface area contributed by atoms with Crippen LogP contribution in [0.15, 0.2) is 91.0 Å². The summed E-state index contributed by atoms with van der Waals surface area (Å²) in [4.78, 5) is 0. The largest absolute Gasteiger partial charge is 0.308 e. The Kier molecular flexibility index (Phi) is 8.29. The van der Waals surface area contributed by atoms with Crippen LogP contribution < -0.4 is 10.6 Å². The van der Waals surface area contributed by atoms with E-state index >= 15 is 0 Å². The lowest BCUT2D eigenvalue weighted by atomic mass is 9.94. The van der Waals surface area contributed by atoms with Crippen LogP contribution in [0.4, 0.5) is 0 Å². The maximum Gasteiger partial charge on any atom is 0.0478 e. The van der Waals surface area contributed by atoms with Gasteiger partial charge in [-0.05, 0) is 23.1 Å². The van der Waals surface area contributed by atoms with E-state index in [-0.39, 0.29) is 6.04 Å². The molecule has 0 unspecified atom stereocenters. The predicted molar refractivity (Wildman–Crippen MR) is 119 cm³/mol. The summed E-state index contributed by atoms with van der Waals surface area (Å²) < 4.78 is 0. The van der Waals surface area contributed by atoms with Crippen molar-refractivity contribution in [3.8, 4) is 0 Å². The molecule has 0 aliphatic rings. The Morgan fingerprint density at radius 1 is 0.643 bits per heavy atom. The van der Waals surface area contributed by atoms with E-state index in [4.69, 9.17) is 0 Å². The van der Waals surface area contributed by atoms with Crippen LogP contribution in [0.2, 0.25) is 0 Å². The minimum absolute atomic E-state index is 0.275. The molecule has 28 heavy (non-hydrogen) atoms. The third kappa shape index (κ3) is 6.33. The number of nitrogens with one attached hydrogen (secondary N) is 2. The van der Waals surface area contributed by atoms with Crippen LogP contribution in [0.5, 0.6) is 0 Å². The summed E-state index contributed by atoms with van der Waals surface area (Å²) in [6, 6.07) is 32.9. The molecule has 0 fully saturated rings. The number of unbranched alkanes of at least 4 members (excludes halogenated alkanes) is 1. The van der Waals surface area contributed by atoms with Crippen LogP contribution in [-0.2, 0) is 13.1 Å². The van der Waals surface area contributed by atoms with Gasteiger partial charge in [0.2, 0.25) is 0 Å². The van der Waals surface area contributed by atoms with Gasteiger partial charge in [0.05, 0.1) is 0 Å². The molecule has 0 bridgehead atoms. The lowest BCUT2D eigenvalue weighted by Gasteiger charge is -2.30. The average Bonchev–Trinajstić information content (AvgIpc) is 2.77. The highest BCUT2D eigenvalue weighted by molar-refractivity contribution is 5.22. The number of hydrogen-bond donors (Lipinski definition) is 2. The zero-order valence-electron chi connectivity index (χ0n) is 16.9. The summed E-state index contributed by atoms with van der Waals surface area (Å²) in [5.74, 6) is 0. The Bertz CT molecular complexity index is 771. The zero-order chi connectivity index (χ0) is 19.4. The Morgan fingerprint density at radius 2 is 1.14 bits per heavy atom. The molecule has 0 aliphatic heterocycles. The second-order valence-corrected chi connectivity index (χ2v) is 7.37. The molecule has 0 heterocycles. The zero-order valence-corrected chi connectivity index (χ0v) is 16.9. The van der Waals surface area contributed by atoms with Crippen molar-refractivity contribution in [3.05, 3.63) is 108 Å². The van der Waals surface area contributed by atoms with E-state index in [1.54, 1.807) is 0 Å². The molecular formula is C26H32N2. The fourth-order valence-corrected chi connectivity index (χ4v) is 3.63. The van der Waals surface area contributed by atoms with E-state index < -0.39 is 0 Å². The van der Waals surface area contributed by atoms with Gasteiger partial charge in [-0.2, -0.15) is 0 Å². The Labute approximate surface area is 170 Å². The van der Waals surface area contributed by atoms with Gasteiger partial charge in [0, 0.05) is 25.2 Å². The normalized spacial score (nSPS) is 13.2. The number of rotatable bonds is 11. The highest BCUT2D eigenvalue weighted by atomic mass is 15.0. The van der Waals surface area contributed by atoms with Gasteiger partial charge >= 0.3 is 0 Å². The molecule has 2 nitrogen and oxygen atoms in total. The summed E-state index contributed by atoms with van der Waals surface area (Å²) >= 11 is 0. The fraction of sp³-hybridized carbons (Fsp3) is 0.308. The van der Waals surface area contributed by atoms with Crippen LogP contribution >= 0.6 is 0 Å². The van der Waals surface area contributed by atoms with E-state index in [9.17, 15) is 0 Å². The van der Waals surface area contributed by atoms with Gasteiger partial charge in [0.25, 0.3) is 0 Å². The van der Waals surface area contributed by atoms with Crippen molar-refractivity contribution in [2.45, 2.75) is 51.4 Å². The van der Waals surface area contributed by atoms with E-state index in [0.29, 0.717) is 6.04 Å². The molecule has 146 valence electrons. The van der Waals surface area contributed by atoms with E-state index in [1.807, 2.05) is 0 Å². The van der Waals surface area contributed by atoms with Crippen LogP contribution in [0, 0.1) is 0 Å². The van der Waals surface area contributed by atoms with Crippen LogP contribution in [0.1, 0.15) is 48.9 Å². The molecule has 0 radical (unpaired) electrons. The molecule has 3 aromatic rings. The molecule has 3 aromatic carbocycles. The molecular weight excluding hydrogens is 340 g/mol. The summed E-state index contributed by atoms with van der Waals surface area (Å²) in [5, 5.41) is 7.68. The topological polar surface area (TPSA) is 24.1 Å². The molecule has 0 spiro atoms. The summed E-state index contributed by atoms with van der Waals surface area (Å²) in [5.41, 5.74) is 4.00. The molecule has 0 saturated heterocycles. The summed E-state index contributed by atoms with van der Waals surface area (Å²) in [6.45, 7) is 4.03. The van der Waals surface area contributed by atoms with E-state index in [0.717, 1.165) is 19.5 Å². The molecule has 2 N–H and O–H groups in total. The monoisotopic (exact) mass is 372 g/mol. The first-order valence-electron chi connectivity index (χ1n) is 10.5. The third-order valence-corrected chi connectivity index (χ3v) is 5.21. The van der Waals surface area contributed by atoms with E-state index in [2.05, 4.69) is 109 Å². The quantitative estimate of drug-likeness (QED) is 0.440. The van der Waals surface area contributed by atoms with Crippen LogP contribution in [0.3, 0.4) is 0 Å². The van der Waals surface area contributed by atoms with Crippen molar-refractivity contribution < 1.29 is 0 Å². The molecule has 0 amide bonds. The average molecular weight is 373 g/mol. The Morgan fingerprint density at radius 3 is 1.68 bits per heavy atom. The third-order valence-electron chi connectivity index (χ3n) is 5.21. The fourth-order valence-electron chi connectivity index (χ4n) is 3.63. The second kappa shape index (κ2) is 11.4. The van der Waals surface area contributed by atoms with Crippen molar-refractivity contribution in [1.82, 2.24) is 10.6 Å². The van der Waals surface area contributed by atoms with Crippen molar-refractivity contribution >= 4 is 0 Å². The first-order chi connectivity index (χ1) is 13.9. The molecule has 0 aromatic heterocycles. The molecule has 0 aliphatic carbocycles. The number of benzene rings is 3. The minimum Gasteiger partial charge on any atom is -0.308 e. The van der Waals surface area contributed by atoms with Gasteiger partial charge in [-0.3, -0.25) is 0 Å². The standard InChI is InChI=1S/C26H32N2/c1-2-3-19-25(27-20-22-13-7-4-8-14-22)26(24-17-11-6-12-18-24)28-21-23-15-9-5-10-16-23/h4-18,25-28H,2-3,19-21H2,1H3/t25-,26+/m0/s1. The van der Waals surface area contributed by atoms with Crippen molar-refractivity contribution in [3.63, 3.8) is 0 Å². The van der Waals surface area contributed by atoms with Gasteiger partial charge in [-0.25, -0.2) is 0 Å². The maximum absolute atomic E-state index is 3.84. The van der Waals surface area contributed by atoms with Crippen LogP contribution in [0.25, 0.3) is 0 Å². The smallest absolute Gasteiger partial charge is 0.0478 e. The van der Waals surface area contributed by atoms with Gasteiger partial charge in [0.1, 0.15) is 0 Å². The van der Waals surface area contributed by atoms with Gasteiger partial charge < -0.3 is 10.6 Å². The first kappa shape index (κ1) is 20.3. The molecule has 2 heteroatoms. The lowest BCUT2D eigenvalue weighted by molar-refractivity contribution is 0.347. The highest BCUT2D eigenvalue weighted by Gasteiger charge is 2.22. The maximum atomic E-state index is 3.84. The number of hydrogen-bond acceptors (Lipinski definition) is 2. The molecule has 0 saturated carbocycles. The minimum atomic E-state index is 0.275. The van der Waals surface area contributed by atoms with Gasteiger partial charge in [-0.15, -0.1) is 0 Å². The van der Waals surface area contributed by atoms with Crippen molar-refractivity contribution in [2.75, 3.05) is 0 Å². The predicted octanol–water partition coefficient (Wildman–Crippen LogP) is 5.87. The summed E-state index contributed by atoms with van der Waals surface area (Å²) in [7, 11) is 0. The SMILES string of the molecule is CCCC[C@H](NCc1ccccc1)[C@H](NCc1ccccc1)c1ccccc1. The lowest BCUT2D eigenvalue weighted by Crippen LogP contribution is -2.41. The Hall–Kier alpha value is -2.42. The first-order valence-corrected chi connectivity index (χ1v) is 10.5. The van der Waals surface area contributed by atoms with Gasteiger partial charge in [0.15, 0.2) is 0 Å². The highest BCUT2D eigenvalue weighted by Crippen LogP contribution is 2.22. The van der Waals surface area contributed by atoms with Crippen molar-refractivity contribution in [1.29, 1.82) is 0 Å².